The molecule has 2 aromatic rings. The first-order chi connectivity index (χ1) is 20.7. The van der Waals surface area contributed by atoms with Crippen molar-refractivity contribution >= 4 is 23.8 Å². The molecule has 10 nitrogen and oxygen atoms in total. The van der Waals surface area contributed by atoms with Crippen molar-refractivity contribution in [3.8, 4) is 11.1 Å². The third kappa shape index (κ3) is 10.4. The van der Waals surface area contributed by atoms with Crippen LogP contribution in [-0.4, -0.2) is 49.6 Å². The van der Waals surface area contributed by atoms with Gasteiger partial charge in [0.1, 0.15) is 6.61 Å². The minimum Gasteiger partial charge on any atom is -0.449 e. The zero-order valence-corrected chi connectivity index (χ0v) is 25.6. The van der Waals surface area contributed by atoms with Crippen LogP contribution in [0.2, 0.25) is 0 Å². The number of unbranched alkanes of at least 4 members (excludes halogenated alkanes) is 2. The number of amides is 4. The standard InChI is InChI=1S/C33H47N5O5/c1-4-12-23(20-36-32(41)29(34)19-22(2)3)31(40)38-37-30(39)17-6-5-11-18-35-33(42)43-21-28-26-15-9-7-13-24(26)25-14-8-10-16-27(25)28/h7-10,13-16,22-23,28-29H,4-6,11-12,17-21,34H2,1-3H3,(H,35,42)(H,36,41)(H,37,39)(H,38,40)/t23-,29+/m0/s1. The maximum atomic E-state index is 12.6. The summed E-state index contributed by atoms with van der Waals surface area (Å²) < 4.78 is 5.55. The lowest BCUT2D eigenvalue weighted by Crippen LogP contribution is -2.49. The van der Waals surface area contributed by atoms with E-state index in [9.17, 15) is 19.2 Å². The molecule has 0 unspecified atom stereocenters. The monoisotopic (exact) mass is 593 g/mol. The van der Waals surface area contributed by atoms with Crippen molar-refractivity contribution in [2.45, 2.75) is 77.7 Å². The summed E-state index contributed by atoms with van der Waals surface area (Å²) in [5.41, 5.74) is 15.5. The molecular weight excluding hydrogens is 546 g/mol. The third-order valence-corrected chi connectivity index (χ3v) is 7.61. The molecule has 1 aliphatic carbocycles. The van der Waals surface area contributed by atoms with Crippen LogP contribution in [0.3, 0.4) is 0 Å². The number of hydrogen-bond donors (Lipinski definition) is 5. The molecule has 0 saturated heterocycles. The number of nitrogens with two attached hydrogens (primary N) is 1. The molecule has 0 heterocycles. The van der Waals surface area contributed by atoms with Gasteiger partial charge in [0.2, 0.25) is 17.7 Å². The Morgan fingerprint density at radius 2 is 1.51 bits per heavy atom. The summed E-state index contributed by atoms with van der Waals surface area (Å²) in [6, 6.07) is 15.8. The van der Waals surface area contributed by atoms with Gasteiger partial charge in [-0.25, -0.2) is 4.79 Å². The molecule has 0 radical (unpaired) electrons. The van der Waals surface area contributed by atoms with Gasteiger partial charge in [0.15, 0.2) is 0 Å². The van der Waals surface area contributed by atoms with Gasteiger partial charge in [0.05, 0.1) is 12.0 Å². The fourth-order valence-corrected chi connectivity index (χ4v) is 5.37. The van der Waals surface area contributed by atoms with Crippen molar-refractivity contribution in [2.75, 3.05) is 19.7 Å². The second kappa shape index (κ2) is 17.3. The molecule has 0 bridgehead atoms. The molecule has 2 atom stereocenters. The Balaban J connectivity index is 1.27. The molecule has 0 fully saturated rings. The van der Waals surface area contributed by atoms with Gasteiger partial charge in [-0.2, -0.15) is 0 Å². The number of hydrazine groups is 1. The Morgan fingerprint density at radius 1 is 0.860 bits per heavy atom. The first kappa shape index (κ1) is 33.6. The normalized spacial score (nSPS) is 13.4. The predicted molar refractivity (Wildman–Crippen MR) is 167 cm³/mol. The lowest BCUT2D eigenvalue weighted by molar-refractivity contribution is -0.131. The van der Waals surface area contributed by atoms with Gasteiger partial charge in [-0.05, 0) is 53.9 Å². The van der Waals surface area contributed by atoms with Crippen molar-refractivity contribution in [3.05, 3.63) is 59.7 Å². The van der Waals surface area contributed by atoms with Crippen LogP contribution < -0.4 is 27.2 Å². The highest BCUT2D eigenvalue weighted by atomic mass is 16.5. The number of benzene rings is 2. The van der Waals surface area contributed by atoms with Gasteiger partial charge in [0, 0.05) is 25.4 Å². The summed E-state index contributed by atoms with van der Waals surface area (Å²) in [6.07, 6.45) is 3.70. The van der Waals surface area contributed by atoms with Crippen LogP contribution in [0.15, 0.2) is 48.5 Å². The van der Waals surface area contributed by atoms with Crippen LogP contribution >= 0.6 is 0 Å². The molecule has 6 N–H and O–H groups in total. The number of carbonyl (C=O) groups excluding carboxylic acids is 4. The second-order valence-corrected chi connectivity index (χ2v) is 11.6. The van der Waals surface area contributed by atoms with Crippen LogP contribution in [0.25, 0.3) is 11.1 Å². The molecule has 43 heavy (non-hydrogen) atoms. The number of alkyl carbamates (subject to hydrolysis) is 1. The van der Waals surface area contributed by atoms with E-state index in [4.69, 9.17) is 10.5 Å². The maximum Gasteiger partial charge on any atom is 0.407 e. The van der Waals surface area contributed by atoms with E-state index in [0.717, 1.165) is 12.8 Å². The van der Waals surface area contributed by atoms with Gasteiger partial charge >= 0.3 is 6.09 Å². The summed E-state index contributed by atoms with van der Waals surface area (Å²) in [7, 11) is 0. The smallest absolute Gasteiger partial charge is 0.407 e. The van der Waals surface area contributed by atoms with E-state index in [2.05, 4.69) is 45.8 Å². The Hall–Kier alpha value is -3.92. The Labute approximate surface area is 254 Å². The average molecular weight is 594 g/mol. The predicted octanol–water partition coefficient (Wildman–Crippen LogP) is 4.14. The minimum atomic E-state index is -0.612. The molecule has 1 aliphatic rings. The molecule has 10 heteroatoms. The molecule has 234 valence electrons. The number of ether oxygens (including phenoxy) is 1. The van der Waals surface area contributed by atoms with Crippen molar-refractivity contribution in [1.29, 1.82) is 0 Å². The lowest BCUT2D eigenvalue weighted by Gasteiger charge is -2.19. The van der Waals surface area contributed by atoms with E-state index in [0.29, 0.717) is 38.1 Å². The number of carbonyl (C=O) groups is 4. The Bertz CT molecular complexity index is 1190. The van der Waals surface area contributed by atoms with E-state index >= 15 is 0 Å². The summed E-state index contributed by atoms with van der Waals surface area (Å²) in [5.74, 6) is -1.08. The van der Waals surface area contributed by atoms with Crippen molar-refractivity contribution in [1.82, 2.24) is 21.5 Å². The van der Waals surface area contributed by atoms with Gasteiger partial charge in [-0.1, -0.05) is 82.1 Å². The fraction of sp³-hybridized carbons (Fsp3) is 0.515. The number of hydrogen-bond acceptors (Lipinski definition) is 6. The van der Waals surface area contributed by atoms with Crippen molar-refractivity contribution in [2.24, 2.45) is 17.6 Å². The quantitative estimate of drug-likeness (QED) is 0.146. The van der Waals surface area contributed by atoms with E-state index in [-0.39, 0.29) is 43.2 Å². The summed E-state index contributed by atoms with van der Waals surface area (Å²) >= 11 is 0. The van der Waals surface area contributed by atoms with Gasteiger partial charge < -0.3 is 21.1 Å². The van der Waals surface area contributed by atoms with Crippen molar-refractivity contribution < 1.29 is 23.9 Å². The van der Waals surface area contributed by atoms with Gasteiger partial charge in [-0.3, -0.25) is 25.2 Å². The summed E-state index contributed by atoms with van der Waals surface area (Å²) in [5, 5.41) is 5.54. The topological polar surface area (TPSA) is 152 Å². The zero-order valence-electron chi connectivity index (χ0n) is 25.6. The number of fused-ring (bicyclic) bond motifs is 3. The van der Waals surface area contributed by atoms with Crippen LogP contribution in [-0.2, 0) is 19.1 Å². The summed E-state index contributed by atoms with van der Waals surface area (Å²) in [6.45, 7) is 6.81. The van der Waals surface area contributed by atoms with Crippen LogP contribution in [0.5, 0.6) is 0 Å². The summed E-state index contributed by atoms with van der Waals surface area (Å²) in [4.78, 5) is 49.3. The molecule has 2 aromatic carbocycles. The fourth-order valence-electron chi connectivity index (χ4n) is 5.37. The van der Waals surface area contributed by atoms with E-state index in [1.165, 1.54) is 22.3 Å². The highest BCUT2D eigenvalue weighted by Crippen LogP contribution is 2.44. The molecular formula is C33H47N5O5. The average Bonchev–Trinajstić information content (AvgIpc) is 3.31. The van der Waals surface area contributed by atoms with Crippen LogP contribution in [0, 0.1) is 11.8 Å². The number of nitrogens with one attached hydrogen (secondary N) is 4. The lowest BCUT2D eigenvalue weighted by atomic mass is 9.98. The largest absolute Gasteiger partial charge is 0.449 e. The first-order valence-electron chi connectivity index (χ1n) is 15.4. The minimum absolute atomic E-state index is 0.0150. The molecule has 0 aliphatic heterocycles. The number of rotatable bonds is 16. The molecule has 0 aromatic heterocycles. The Morgan fingerprint density at radius 3 is 2.14 bits per heavy atom. The van der Waals surface area contributed by atoms with E-state index in [1.807, 2.05) is 45.0 Å². The first-order valence-corrected chi connectivity index (χ1v) is 15.4. The highest BCUT2D eigenvalue weighted by molar-refractivity contribution is 5.85. The third-order valence-electron chi connectivity index (χ3n) is 7.61. The molecule has 0 saturated carbocycles. The molecule has 4 amide bonds. The van der Waals surface area contributed by atoms with E-state index < -0.39 is 18.1 Å². The van der Waals surface area contributed by atoms with Gasteiger partial charge in [-0.15, -0.1) is 0 Å². The Kier molecular flexibility index (Phi) is 13.5. The molecule has 3 rings (SSSR count). The van der Waals surface area contributed by atoms with Crippen LogP contribution in [0.4, 0.5) is 4.79 Å². The van der Waals surface area contributed by atoms with Gasteiger partial charge in [0.25, 0.3) is 0 Å². The van der Waals surface area contributed by atoms with E-state index in [1.54, 1.807) is 0 Å². The van der Waals surface area contributed by atoms with Crippen molar-refractivity contribution in [3.63, 3.8) is 0 Å². The zero-order chi connectivity index (χ0) is 31.2. The molecule has 0 spiro atoms. The van der Waals surface area contributed by atoms with Crippen LogP contribution in [0.1, 0.15) is 82.8 Å². The SMILES string of the molecule is CCC[C@@H](CNC(=O)[C@H](N)CC(C)C)C(=O)NNC(=O)CCCCCNC(=O)OCC1c2ccccc2-c2ccccc21. The second-order valence-electron chi connectivity index (χ2n) is 11.6. The maximum absolute atomic E-state index is 12.6. The highest BCUT2D eigenvalue weighted by Gasteiger charge is 2.29.